The van der Waals surface area contributed by atoms with Crippen LogP contribution in [0.5, 0.6) is 11.5 Å². The first-order chi connectivity index (χ1) is 15.7. The van der Waals surface area contributed by atoms with E-state index in [1.54, 1.807) is 55.6 Å². The zero-order valence-electron chi connectivity index (χ0n) is 18.1. The van der Waals surface area contributed by atoms with Crippen molar-refractivity contribution in [3.8, 4) is 33.8 Å². The average molecular weight is 682 g/mol. The van der Waals surface area contributed by atoms with Gasteiger partial charge in [-0.3, -0.25) is 0 Å². The summed E-state index contributed by atoms with van der Waals surface area (Å²) in [5.41, 5.74) is 1.76. The second-order valence-corrected chi connectivity index (χ2v) is 9.28. The van der Waals surface area contributed by atoms with Crippen molar-refractivity contribution in [1.29, 1.82) is 0 Å². The van der Waals surface area contributed by atoms with Crippen LogP contribution in [0.25, 0.3) is 22.3 Å². The summed E-state index contributed by atoms with van der Waals surface area (Å²) in [5.74, 6) is -0.151. The maximum atomic E-state index is 13.9. The molecule has 1 N–H and O–H groups in total. The zero-order valence-corrected chi connectivity index (χ0v) is 25.0. The van der Waals surface area contributed by atoms with Crippen LogP contribution < -0.4 is 4.74 Å². The molecule has 0 aromatic heterocycles. The monoisotopic (exact) mass is 679 g/mol. The molecule has 10 heteroatoms. The van der Waals surface area contributed by atoms with Crippen LogP contribution in [-0.4, -0.2) is 12.2 Å². The smallest absolute Gasteiger partial charge is 0.132 e. The van der Waals surface area contributed by atoms with Crippen LogP contribution in [0.2, 0.25) is 10.0 Å². The third-order valence-electron chi connectivity index (χ3n) is 4.58. The molecule has 4 aromatic carbocycles. The van der Waals surface area contributed by atoms with Crippen LogP contribution in [0.1, 0.15) is 0 Å². The highest BCUT2D eigenvalue weighted by Gasteiger charge is 2.15. The van der Waals surface area contributed by atoms with Crippen molar-refractivity contribution in [2.75, 3.05) is 7.11 Å². The van der Waals surface area contributed by atoms with Crippen molar-refractivity contribution >= 4 is 74.9 Å². The van der Waals surface area contributed by atoms with E-state index in [0.717, 1.165) is 0 Å². The fourth-order valence-electron chi connectivity index (χ4n) is 3.09. The third-order valence-corrected chi connectivity index (χ3v) is 6.38. The quantitative estimate of drug-likeness (QED) is 0.218. The molecule has 4 rings (SSSR count). The maximum Gasteiger partial charge on any atom is 0.132 e. The molecule has 0 heterocycles. The van der Waals surface area contributed by atoms with Gasteiger partial charge in [0.1, 0.15) is 23.1 Å². The summed E-state index contributed by atoms with van der Waals surface area (Å²) in [6.45, 7) is 0. The van der Waals surface area contributed by atoms with Crippen molar-refractivity contribution in [3.63, 3.8) is 0 Å². The highest BCUT2D eigenvalue weighted by atomic mass is 79.9. The number of benzene rings is 4. The Hall–Kier alpha value is -1.26. The Balaban J connectivity index is 0.000000332. The van der Waals surface area contributed by atoms with Crippen molar-refractivity contribution < 1.29 is 18.6 Å². The summed E-state index contributed by atoms with van der Waals surface area (Å²) in [6.07, 6.45) is 0. The SMILES string of the molecule is COc1ccc(Cl)cc1-c1c(F)cccc1Br.Oc1ccc(Cl)cc1-c1c(F)cccc1Br.[PH-2].[PH2-]. The zero-order chi connectivity index (χ0) is 24.1. The minimum absolute atomic E-state index is 0. The van der Waals surface area contributed by atoms with Gasteiger partial charge in [0, 0.05) is 41.2 Å². The molecular weight excluding hydrogens is 663 g/mol. The van der Waals surface area contributed by atoms with Crippen molar-refractivity contribution in [2.45, 2.75) is 0 Å². The lowest BCUT2D eigenvalue weighted by atomic mass is 10.0. The topological polar surface area (TPSA) is 29.5 Å². The first-order valence-electron chi connectivity index (χ1n) is 9.43. The van der Waals surface area contributed by atoms with Gasteiger partial charge in [0.2, 0.25) is 0 Å². The van der Waals surface area contributed by atoms with Crippen LogP contribution in [0.4, 0.5) is 8.78 Å². The molecule has 0 fully saturated rings. The number of methoxy groups -OCH3 is 1. The number of hydrogen-bond donors (Lipinski definition) is 1. The van der Waals surface area contributed by atoms with Crippen LogP contribution >= 0.6 is 74.9 Å². The molecule has 0 radical (unpaired) electrons. The van der Waals surface area contributed by atoms with Crippen LogP contribution in [0, 0.1) is 11.6 Å². The number of hydrogen-bond acceptors (Lipinski definition) is 2. The molecule has 0 amide bonds. The van der Waals surface area contributed by atoms with Gasteiger partial charge in [-0.05, 0) is 60.7 Å². The molecule has 0 bridgehead atoms. The summed E-state index contributed by atoms with van der Waals surface area (Å²) in [5, 5.41) is 10.7. The van der Waals surface area contributed by atoms with Gasteiger partial charge in [-0.1, -0.05) is 67.2 Å². The Kier molecular flexibility index (Phi) is 13.1. The van der Waals surface area contributed by atoms with E-state index in [4.69, 9.17) is 27.9 Å². The van der Waals surface area contributed by atoms with Gasteiger partial charge in [0.15, 0.2) is 0 Å². The summed E-state index contributed by atoms with van der Waals surface area (Å²) in [6, 6.07) is 19.1. The molecule has 4 aromatic rings. The fourth-order valence-corrected chi connectivity index (χ4v) is 4.55. The molecule has 0 aliphatic heterocycles. The largest absolute Gasteiger partial charge is 1.51 e. The van der Waals surface area contributed by atoms with E-state index in [-0.39, 0.29) is 31.4 Å². The molecule has 0 unspecified atom stereocenters. The lowest BCUT2D eigenvalue weighted by Crippen LogP contribution is -1.91. The van der Waals surface area contributed by atoms with Gasteiger partial charge < -0.3 is 29.6 Å². The number of halogens is 6. The Morgan fingerprint density at radius 1 is 0.743 bits per heavy atom. The lowest BCUT2D eigenvalue weighted by Gasteiger charge is -2.11. The molecule has 35 heavy (non-hydrogen) atoms. The molecule has 0 aliphatic carbocycles. The van der Waals surface area contributed by atoms with Crippen molar-refractivity contribution in [3.05, 3.63) is 103 Å². The predicted molar refractivity (Wildman–Crippen MR) is 155 cm³/mol. The van der Waals surface area contributed by atoms with Gasteiger partial charge in [-0.2, -0.15) is 0 Å². The Morgan fingerprint density at radius 3 is 1.69 bits per heavy atom. The van der Waals surface area contributed by atoms with E-state index >= 15 is 0 Å². The van der Waals surface area contributed by atoms with E-state index in [1.165, 1.54) is 24.3 Å². The maximum absolute atomic E-state index is 13.9. The van der Waals surface area contributed by atoms with Gasteiger partial charge in [-0.15, -0.1) is 0 Å². The lowest BCUT2D eigenvalue weighted by molar-refractivity contribution is 0.416. The van der Waals surface area contributed by atoms with Crippen molar-refractivity contribution in [1.82, 2.24) is 0 Å². The third kappa shape index (κ3) is 7.86. The second-order valence-electron chi connectivity index (χ2n) is 6.70. The number of aromatic hydroxyl groups is 1. The Bertz CT molecular complexity index is 1270. The first-order valence-corrected chi connectivity index (χ1v) is 11.8. The minimum atomic E-state index is -0.410. The summed E-state index contributed by atoms with van der Waals surface area (Å²) in [4.78, 5) is 0. The summed E-state index contributed by atoms with van der Waals surface area (Å²) < 4.78 is 34.0. The summed E-state index contributed by atoms with van der Waals surface area (Å²) >= 11 is 18.3. The van der Waals surface area contributed by atoms with Gasteiger partial charge in [-0.25, -0.2) is 8.78 Å². The van der Waals surface area contributed by atoms with E-state index in [9.17, 15) is 13.9 Å². The second kappa shape index (κ2) is 14.5. The van der Waals surface area contributed by atoms with Gasteiger partial charge in [0.05, 0.1) is 7.11 Å². The number of rotatable bonds is 3. The number of phenols is 1. The molecule has 0 spiro atoms. The number of ether oxygens (including phenoxy) is 1. The molecule has 0 atom stereocenters. The number of phenolic OH excluding ortho intramolecular Hbond substituents is 1. The van der Waals surface area contributed by atoms with Crippen molar-refractivity contribution in [2.24, 2.45) is 0 Å². The molecule has 0 aliphatic rings. The van der Waals surface area contributed by atoms with Crippen LogP contribution in [-0.2, 0) is 0 Å². The molecule has 2 nitrogen and oxygen atoms in total. The molecule has 0 saturated carbocycles. The first kappa shape index (κ1) is 31.8. The fraction of sp³-hybridized carbons (Fsp3) is 0.0400. The predicted octanol–water partition coefficient (Wildman–Crippen LogP) is 10.5. The van der Waals surface area contributed by atoms with Gasteiger partial charge >= 0.3 is 0 Å². The minimum Gasteiger partial charge on any atom is -1.51 e. The average Bonchev–Trinajstić information content (AvgIpc) is 2.76. The van der Waals surface area contributed by atoms with Gasteiger partial charge in [0.25, 0.3) is 0 Å². The van der Waals surface area contributed by atoms with E-state index < -0.39 is 5.82 Å². The summed E-state index contributed by atoms with van der Waals surface area (Å²) in [7, 11) is 1.54. The molecular formula is C25H19Br2Cl2F2O2P2-3. The van der Waals surface area contributed by atoms with E-state index in [0.29, 0.717) is 47.0 Å². The Morgan fingerprint density at radius 2 is 1.20 bits per heavy atom. The molecule has 186 valence electrons. The van der Waals surface area contributed by atoms with E-state index in [2.05, 4.69) is 31.9 Å². The molecule has 0 saturated heterocycles. The van der Waals surface area contributed by atoms with E-state index in [1.807, 2.05) is 0 Å². The standard InChI is InChI=1S/C13H9BrClFO.C12H7BrClFO.H2P.HP/c1-17-12-6-5-8(15)7-9(12)13-10(14)3-2-4-11(13)16;13-9-2-1-3-10(15)12(9)8-6-7(14)4-5-11(8)16;;/h2-7H,1H3;1-6,16H;1H2;1H/q;;-1;-2. The van der Waals surface area contributed by atoms with Crippen LogP contribution in [0.3, 0.4) is 0 Å². The highest BCUT2D eigenvalue weighted by molar-refractivity contribution is 9.11. The van der Waals surface area contributed by atoms with Crippen LogP contribution in [0.15, 0.2) is 81.7 Å². The normalized spacial score (nSPS) is 9.80. The highest BCUT2D eigenvalue weighted by Crippen LogP contribution is 2.39. The Labute approximate surface area is 236 Å².